The number of rotatable bonds is 26. The number of unbranched alkanes of at least 4 members (excludes halogenated alkanes) is 18. The fourth-order valence-corrected chi connectivity index (χ4v) is 4.14. The summed E-state index contributed by atoms with van der Waals surface area (Å²) >= 11 is 0. The van der Waals surface area contributed by atoms with Gasteiger partial charge in [0.2, 0.25) is 0 Å². The Bertz CT molecular complexity index is 442. The summed E-state index contributed by atoms with van der Waals surface area (Å²) in [4.78, 5) is 23.4. The Morgan fingerprint density at radius 3 is 1.45 bits per heavy atom. The lowest BCUT2D eigenvalue weighted by Gasteiger charge is -2.14. The van der Waals surface area contributed by atoms with Crippen LogP contribution in [0.4, 0.5) is 0 Å². The largest absolute Gasteiger partial charge is 0.480 e. The number of esters is 1. The predicted octanol–water partition coefficient (Wildman–Crippen LogP) is 7.80. The van der Waals surface area contributed by atoms with E-state index in [2.05, 4.69) is 19.2 Å². The molecule has 0 fully saturated rings. The lowest BCUT2D eigenvalue weighted by atomic mass is 10.0. The van der Waals surface area contributed by atoms with Crippen LogP contribution in [0.25, 0.3) is 0 Å². The zero-order valence-corrected chi connectivity index (χ0v) is 22.0. The van der Waals surface area contributed by atoms with Gasteiger partial charge in [0.25, 0.3) is 0 Å². The molecule has 0 aliphatic carbocycles. The van der Waals surface area contributed by atoms with E-state index in [1.54, 1.807) is 0 Å². The summed E-state index contributed by atoms with van der Waals surface area (Å²) in [5, 5.41) is 12.4. The van der Waals surface area contributed by atoms with Gasteiger partial charge in [0.05, 0.1) is 13.0 Å². The zero-order valence-electron chi connectivity index (χ0n) is 22.0. The molecule has 0 radical (unpaired) electrons. The third kappa shape index (κ3) is 23.8. The Balaban J connectivity index is 3.57. The van der Waals surface area contributed by atoms with E-state index in [-0.39, 0.29) is 6.42 Å². The van der Waals surface area contributed by atoms with Crippen molar-refractivity contribution in [2.24, 2.45) is 0 Å². The molecule has 0 aromatic carbocycles. The fraction of sp³-hybridized carbons (Fsp3) is 0.929. The minimum Gasteiger partial charge on any atom is -0.480 e. The number of carbonyl (C=O) groups excluding carboxylic acids is 1. The van der Waals surface area contributed by atoms with Crippen LogP contribution in [0.3, 0.4) is 0 Å². The average Bonchev–Trinajstić information content (AvgIpc) is 2.80. The molecule has 0 spiro atoms. The minimum absolute atomic E-state index is 0.0930. The highest BCUT2D eigenvalue weighted by atomic mass is 16.5. The molecule has 0 aromatic rings. The van der Waals surface area contributed by atoms with E-state index in [9.17, 15) is 14.7 Å². The fourth-order valence-electron chi connectivity index (χ4n) is 4.14. The van der Waals surface area contributed by atoms with E-state index < -0.39 is 18.0 Å². The van der Waals surface area contributed by atoms with Crippen LogP contribution in [0, 0.1) is 0 Å². The molecule has 5 heteroatoms. The third-order valence-electron chi connectivity index (χ3n) is 6.35. The molecule has 196 valence electrons. The van der Waals surface area contributed by atoms with E-state index in [4.69, 9.17) is 4.74 Å². The van der Waals surface area contributed by atoms with Crippen molar-refractivity contribution >= 4 is 11.9 Å². The van der Waals surface area contributed by atoms with Gasteiger partial charge in [-0.2, -0.15) is 0 Å². The molecule has 0 saturated heterocycles. The number of ether oxygens (including phenoxy) is 1. The molecule has 33 heavy (non-hydrogen) atoms. The van der Waals surface area contributed by atoms with E-state index in [1.807, 2.05) is 0 Å². The van der Waals surface area contributed by atoms with Crippen molar-refractivity contribution in [2.45, 2.75) is 155 Å². The molecule has 0 amide bonds. The lowest BCUT2D eigenvalue weighted by Crippen LogP contribution is -2.39. The molecule has 0 aromatic heterocycles. The van der Waals surface area contributed by atoms with Crippen LogP contribution in [0.5, 0.6) is 0 Å². The summed E-state index contributed by atoms with van der Waals surface area (Å²) in [6.07, 6.45) is 24.9. The van der Waals surface area contributed by atoms with Gasteiger partial charge in [-0.05, 0) is 19.4 Å². The Morgan fingerprint density at radius 2 is 1.03 bits per heavy atom. The van der Waals surface area contributed by atoms with Gasteiger partial charge in [0, 0.05) is 0 Å². The van der Waals surface area contributed by atoms with Gasteiger partial charge in [-0.15, -0.1) is 0 Å². The van der Waals surface area contributed by atoms with Gasteiger partial charge >= 0.3 is 11.9 Å². The van der Waals surface area contributed by atoms with Crippen molar-refractivity contribution in [1.29, 1.82) is 0 Å². The number of carboxylic acids is 1. The molecule has 0 saturated carbocycles. The quantitative estimate of drug-likeness (QED) is 0.0998. The highest BCUT2D eigenvalue weighted by Gasteiger charge is 2.21. The highest BCUT2D eigenvalue weighted by molar-refractivity contribution is 5.81. The van der Waals surface area contributed by atoms with Crippen molar-refractivity contribution < 1.29 is 19.4 Å². The van der Waals surface area contributed by atoms with Gasteiger partial charge in [-0.1, -0.05) is 129 Å². The zero-order chi connectivity index (χ0) is 24.4. The number of carboxylic acid groups (broad SMARTS) is 1. The smallest absolute Gasteiger partial charge is 0.321 e. The Kier molecular flexibility index (Phi) is 24.7. The van der Waals surface area contributed by atoms with Gasteiger partial charge in [0.1, 0.15) is 6.04 Å². The summed E-state index contributed by atoms with van der Waals surface area (Å²) in [6.45, 7) is 5.51. The minimum atomic E-state index is -0.974. The summed E-state index contributed by atoms with van der Waals surface area (Å²) < 4.78 is 5.23. The second-order valence-electron chi connectivity index (χ2n) is 9.63. The normalized spacial score (nSPS) is 12.1. The first kappa shape index (κ1) is 31.9. The van der Waals surface area contributed by atoms with Gasteiger partial charge in [0.15, 0.2) is 0 Å². The third-order valence-corrected chi connectivity index (χ3v) is 6.35. The Morgan fingerprint density at radius 1 is 0.636 bits per heavy atom. The highest BCUT2D eigenvalue weighted by Crippen LogP contribution is 2.12. The maximum Gasteiger partial charge on any atom is 0.321 e. The maximum absolute atomic E-state index is 12.0. The van der Waals surface area contributed by atoms with Crippen LogP contribution in [-0.4, -0.2) is 36.2 Å². The molecular formula is C28H55NO4. The van der Waals surface area contributed by atoms with Gasteiger partial charge in [-0.25, -0.2) is 0 Å². The van der Waals surface area contributed by atoms with Crippen LogP contribution < -0.4 is 5.32 Å². The predicted molar refractivity (Wildman–Crippen MR) is 139 cm³/mol. The molecule has 2 N–H and O–H groups in total. The van der Waals surface area contributed by atoms with Crippen LogP contribution in [0.15, 0.2) is 0 Å². The molecule has 0 heterocycles. The van der Waals surface area contributed by atoms with Crippen LogP contribution in [0.1, 0.15) is 149 Å². The Labute approximate surface area is 204 Å². The molecule has 5 nitrogen and oxygen atoms in total. The lowest BCUT2D eigenvalue weighted by molar-refractivity contribution is -0.149. The number of aliphatic carboxylic acids is 1. The molecular weight excluding hydrogens is 414 g/mol. The topological polar surface area (TPSA) is 75.6 Å². The van der Waals surface area contributed by atoms with Crippen LogP contribution in [-0.2, 0) is 14.3 Å². The summed E-state index contributed by atoms with van der Waals surface area (Å²) in [5.41, 5.74) is 0. The SMILES string of the molecule is CCCCCCCCCCCCCCCNC(CC(=O)OCCCCCCCCC)C(=O)O. The first-order valence-electron chi connectivity index (χ1n) is 14.2. The van der Waals surface area contributed by atoms with Crippen molar-refractivity contribution in [3.63, 3.8) is 0 Å². The Hall–Kier alpha value is -1.10. The molecule has 0 aliphatic heterocycles. The average molecular weight is 470 g/mol. The number of hydrogen-bond acceptors (Lipinski definition) is 4. The second-order valence-corrected chi connectivity index (χ2v) is 9.63. The molecule has 0 aliphatic rings. The van der Waals surface area contributed by atoms with Gasteiger partial charge in [-0.3, -0.25) is 9.59 Å². The molecule has 0 rings (SSSR count). The standard InChI is InChI=1S/C28H55NO4/c1-3-5-7-9-11-12-13-14-15-16-17-19-21-23-29-26(28(31)32)25-27(30)33-24-22-20-18-10-8-6-4-2/h26,29H,3-25H2,1-2H3,(H,31,32). The van der Waals surface area contributed by atoms with Crippen LogP contribution in [0.2, 0.25) is 0 Å². The van der Waals surface area contributed by atoms with E-state index in [0.29, 0.717) is 13.2 Å². The molecule has 0 bridgehead atoms. The number of hydrogen-bond donors (Lipinski definition) is 2. The molecule has 1 atom stereocenters. The summed E-state index contributed by atoms with van der Waals surface area (Å²) in [6, 6.07) is -0.844. The van der Waals surface area contributed by atoms with E-state index in [0.717, 1.165) is 25.7 Å². The maximum atomic E-state index is 12.0. The first-order valence-corrected chi connectivity index (χ1v) is 14.2. The van der Waals surface area contributed by atoms with E-state index in [1.165, 1.54) is 103 Å². The second kappa shape index (κ2) is 25.5. The summed E-state index contributed by atoms with van der Waals surface area (Å²) in [7, 11) is 0. The van der Waals surface area contributed by atoms with E-state index >= 15 is 0 Å². The van der Waals surface area contributed by atoms with Gasteiger partial charge < -0.3 is 15.2 Å². The number of nitrogens with one attached hydrogen (secondary N) is 1. The first-order chi connectivity index (χ1) is 16.1. The van der Waals surface area contributed by atoms with Crippen molar-refractivity contribution in [3.05, 3.63) is 0 Å². The monoisotopic (exact) mass is 469 g/mol. The van der Waals surface area contributed by atoms with Crippen molar-refractivity contribution in [2.75, 3.05) is 13.2 Å². The summed E-state index contributed by atoms with van der Waals surface area (Å²) in [5.74, 6) is -1.39. The van der Waals surface area contributed by atoms with Crippen molar-refractivity contribution in [3.8, 4) is 0 Å². The van der Waals surface area contributed by atoms with Crippen molar-refractivity contribution in [1.82, 2.24) is 5.32 Å². The number of carbonyl (C=O) groups is 2. The van der Waals surface area contributed by atoms with Crippen LogP contribution >= 0.6 is 0 Å². The molecule has 1 unspecified atom stereocenters.